The number of aliphatic hydroxyl groups is 1. The summed E-state index contributed by atoms with van der Waals surface area (Å²) < 4.78 is 5.53. The number of alkyl carbamates (subject to hydrolysis) is 1. The maximum absolute atomic E-state index is 12.8. The third-order valence-corrected chi connectivity index (χ3v) is 6.11. The second-order valence-corrected chi connectivity index (χ2v) is 7.79. The number of fused-ring (bicyclic) bond motifs is 3. The summed E-state index contributed by atoms with van der Waals surface area (Å²) in [5, 5.41) is 23.2. The minimum atomic E-state index is -1.45. The molecule has 3 rings (SSSR count). The average Bonchev–Trinajstić information content (AvgIpc) is 3.13. The van der Waals surface area contributed by atoms with Crippen LogP contribution in [-0.4, -0.2) is 53.0 Å². The van der Waals surface area contributed by atoms with Gasteiger partial charge in [-0.25, -0.2) is 9.59 Å². The van der Waals surface area contributed by atoms with Gasteiger partial charge in [-0.15, -0.1) is 0 Å². The van der Waals surface area contributed by atoms with Crippen LogP contribution in [0.1, 0.15) is 43.7 Å². The molecule has 0 heterocycles. The van der Waals surface area contributed by atoms with Crippen molar-refractivity contribution in [1.29, 1.82) is 0 Å². The molecular weight excluding hydrogens is 412 g/mol. The first-order valence-corrected chi connectivity index (χ1v) is 10.6. The summed E-state index contributed by atoms with van der Waals surface area (Å²) in [6.07, 6.45) is -0.323. The topological polar surface area (TPSA) is 125 Å². The van der Waals surface area contributed by atoms with Crippen molar-refractivity contribution in [3.05, 3.63) is 59.7 Å². The first-order valence-electron chi connectivity index (χ1n) is 10.6. The molecule has 8 nitrogen and oxygen atoms in total. The van der Waals surface area contributed by atoms with Crippen LogP contribution in [0, 0.1) is 0 Å². The fourth-order valence-corrected chi connectivity index (χ4v) is 4.12. The molecule has 0 spiro atoms. The number of carbonyl (C=O) groups is 3. The Balaban J connectivity index is 1.71. The minimum absolute atomic E-state index is 0.0966. The fraction of sp³-hybridized carbons (Fsp3) is 0.375. The molecule has 1 aliphatic rings. The summed E-state index contributed by atoms with van der Waals surface area (Å²) in [6, 6.07) is 14.5. The normalized spacial score (nSPS) is 13.6. The van der Waals surface area contributed by atoms with Crippen molar-refractivity contribution >= 4 is 18.0 Å². The van der Waals surface area contributed by atoms with E-state index in [0.717, 1.165) is 22.3 Å². The zero-order valence-corrected chi connectivity index (χ0v) is 18.1. The Hall–Kier alpha value is -3.39. The lowest BCUT2D eigenvalue weighted by Gasteiger charge is -2.32. The van der Waals surface area contributed by atoms with E-state index >= 15 is 0 Å². The Kier molecular flexibility index (Phi) is 7.15. The zero-order valence-electron chi connectivity index (χ0n) is 18.1. The molecule has 8 heteroatoms. The van der Waals surface area contributed by atoms with E-state index in [2.05, 4.69) is 10.6 Å². The van der Waals surface area contributed by atoms with Crippen LogP contribution in [0.15, 0.2) is 48.5 Å². The van der Waals surface area contributed by atoms with Gasteiger partial charge in [-0.3, -0.25) is 4.79 Å². The summed E-state index contributed by atoms with van der Waals surface area (Å²) in [5.74, 6) is -2.16. The molecule has 0 aliphatic heterocycles. The minimum Gasteiger partial charge on any atom is -0.480 e. The SMILES string of the molecule is CCC(CC)(NC(=O)OCC1c2ccccc2-c2ccccc21)C(=O)NC(CO)C(=O)O. The zero-order chi connectivity index (χ0) is 23.3. The Labute approximate surface area is 186 Å². The van der Waals surface area contributed by atoms with E-state index in [1.165, 1.54) is 0 Å². The monoisotopic (exact) mass is 440 g/mol. The summed E-state index contributed by atoms with van der Waals surface area (Å²) in [6.45, 7) is 2.76. The van der Waals surface area contributed by atoms with Gasteiger partial charge in [-0.05, 0) is 35.1 Å². The molecule has 2 aromatic rings. The molecule has 0 saturated heterocycles. The number of benzene rings is 2. The summed E-state index contributed by atoms with van der Waals surface area (Å²) in [5.41, 5.74) is 3.01. The standard InChI is InChI=1S/C24H28N2O6/c1-3-24(4-2,22(30)25-20(13-27)21(28)29)26-23(31)32-14-19-17-11-7-5-9-15(17)16-10-6-8-12-18(16)19/h5-12,19-20,27H,3-4,13-14H2,1-2H3,(H,25,30)(H,26,31)(H,28,29). The first-order chi connectivity index (χ1) is 15.4. The van der Waals surface area contributed by atoms with Gasteiger partial charge in [0.2, 0.25) is 5.91 Å². The molecule has 0 bridgehead atoms. The van der Waals surface area contributed by atoms with E-state index in [1.54, 1.807) is 13.8 Å². The van der Waals surface area contributed by atoms with Crippen molar-refractivity contribution in [2.24, 2.45) is 0 Å². The van der Waals surface area contributed by atoms with E-state index in [9.17, 15) is 19.5 Å². The number of rotatable bonds is 9. The van der Waals surface area contributed by atoms with Crippen LogP contribution in [0.3, 0.4) is 0 Å². The van der Waals surface area contributed by atoms with Gasteiger partial charge in [0.15, 0.2) is 0 Å². The molecule has 1 atom stereocenters. The summed E-state index contributed by atoms with van der Waals surface area (Å²) in [4.78, 5) is 36.6. The number of ether oxygens (including phenoxy) is 1. The van der Waals surface area contributed by atoms with Crippen molar-refractivity contribution in [2.45, 2.75) is 44.2 Å². The third kappa shape index (κ3) is 4.45. The highest BCUT2D eigenvalue weighted by molar-refractivity contribution is 5.92. The number of aliphatic hydroxyl groups excluding tert-OH is 1. The molecule has 0 aromatic heterocycles. The van der Waals surface area contributed by atoms with Gasteiger partial charge < -0.3 is 25.6 Å². The number of carbonyl (C=O) groups excluding carboxylic acids is 2. The molecule has 1 unspecified atom stereocenters. The lowest BCUT2D eigenvalue weighted by Crippen LogP contribution is -2.61. The number of hydrogen-bond acceptors (Lipinski definition) is 5. The Morgan fingerprint density at radius 2 is 1.53 bits per heavy atom. The first kappa shape index (κ1) is 23.3. The summed E-state index contributed by atoms with van der Waals surface area (Å²) >= 11 is 0. The lowest BCUT2D eigenvalue weighted by atomic mass is 9.91. The van der Waals surface area contributed by atoms with Crippen LogP contribution in [0.4, 0.5) is 4.79 Å². The van der Waals surface area contributed by atoms with Crippen LogP contribution in [0.5, 0.6) is 0 Å². The van der Waals surface area contributed by atoms with Gasteiger partial charge in [0.25, 0.3) is 0 Å². The van der Waals surface area contributed by atoms with Gasteiger partial charge in [-0.1, -0.05) is 62.4 Å². The number of nitrogens with one attached hydrogen (secondary N) is 2. The molecule has 0 fully saturated rings. The summed E-state index contributed by atoms with van der Waals surface area (Å²) in [7, 11) is 0. The van der Waals surface area contributed by atoms with Gasteiger partial charge in [0.05, 0.1) is 6.61 Å². The van der Waals surface area contributed by atoms with Gasteiger partial charge >= 0.3 is 12.1 Å². The van der Waals surface area contributed by atoms with Gasteiger partial charge in [0, 0.05) is 5.92 Å². The van der Waals surface area contributed by atoms with Crippen LogP contribution >= 0.6 is 0 Å². The predicted octanol–water partition coefficient (Wildman–Crippen LogP) is 2.65. The fourth-order valence-electron chi connectivity index (χ4n) is 4.12. The van der Waals surface area contributed by atoms with Crippen LogP contribution < -0.4 is 10.6 Å². The number of amides is 2. The third-order valence-electron chi connectivity index (χ3n) is 6.11. The quantitative estimate of drug-likeness (QED) is 0.475. The highest BCUT2D eigenvalue weighted by Crippen LogP contribution is 2.44. The largest absolute Gasteiger partial charge is 0.480 e. The lowest BCUT2D eigenvalue weighted by molar-refractivity contribution is -0.144. The molecule has 170 valence electrons. The molecule has 4 N–H and O–H groups in total. The molecule has 2 amide bonds. The van der Waals surface area contributed by atoms with E-state index in [4.69, 9.17) is 9.84 Å². The number of carboxylic acid groups (broad SMARTS) is 1. The van der Waals surface area contributed by atoms with E-state index in [0.29, 0.717) is 0 Å². The van der Waals surface area contributed by atoms with E-state index in [1.807, 2.05) is 48.5 Å². The number of carboxylic acids is 1. The van der Waals surface area contributed by atoms with E-state index < -0.39 is 36.2 Å². The Bertz CT molecular complexity index is 956. The molecule has 1 aliphatic carbocycles. The van der Waals surface area contributed by atoms with Crippen LogP contribution in [0.2, 0.25) is 0 Å². The van der Waals surface area contributed by atoms with Crippen molar-refractivity contribution in [2.75, 3.05) is 13.2 Å². The highest BCUT2D eigenvalue weighted by Gasteiger charge is 2.39. The van der Waals surface area contributed by atoms with Gasteiger partial charge in [0.1, 0.15) is 18.2 Å². The van der Waals surface area contributed by atoms with Crippen LogP contribution in [0.25, 0.3) is 11.1 Å². The van der Waals surface area contributed by atoms with Crippen molar-refractivity contribution in [1.82, 2.24) is 10.6 Å². The molecule has 0 radical (unpaired) electrons. The molecule has 2 aromatic carbocycles. The second kappa shape index (κ2) is 9.82. The molecule has 32 heavy (non-hydrogen) atoms. The van der Waals surface area contributed by atoms with Crippen molar-refractivity contribution < 1.29 is 29.3 Å². The second-order valence-electron chi connectivity index (χ2n) is 7.79. The van der Waals surface area contributed by atoms with Gasteiger partial charge in [-0.2, -0.15) is 0 Å². The van der Waals surface area contributed by atoms with Crippen molar-refractivity contribution in [3.8, 4) is 11.1 Å². The predicted molar refractivity (Wildman–Crippen MR) is 118 cm³/mol. The smallest absolute Gasteiger partial charge is 0.408 e. The maximum Gasteiger partial charge on any atom is 0.408 e. The number of hydrogen-bond donors (Lipinski definition) is 4. The molecule has 0 saturated carbocycles. The Morgan fingerprint density at radius 3 is 2.00 bits per heavy atom. The number of aliphatic carboxylic acids is 1. The molecular formula is C24H28N2O6. The maximum atomic E-state index is 12.8. The van der Waals surface area contributed by atoms with Crippen molar-refractivity contribution in [3.63, 3.8) is 0 Å². The highest BCUT2D eigenvalue weighted by atomic mass is 16.5. The van der Waals surface area contributed by atoms with Crippen LogP contribution in [-0.2, 0) is 14.3 Å². The van der Waals surface area contributed by atoms with E-state index in [-0.39, 0.29) is 25.4 Å². The average molecular weight is 440 g/mol. The Morgan fingerprint density at radius 1 is 1.00 bits per heavy atom.